The second-order valence-corrected chi connectivity index (χ2v) is 14.1. The van der Waals surface area contributed by atoms with E-state index >= 15 is 0 Å². The number of amidine groups is 1. The SMILES string of the molecule is CC1=NC(=NC(C)c2ccc(C(=O)c3ccccc3)cc2)c2cccc(c2)-c2cccc(c2)N(C2(C)C=CC=CC2)c2cccc(c2)-c2cccc1c2. The third-order valence-electron chi connectivity index (χ3n) is 10.3. The Balaban J connectivity index is 1.26. The van der Waals surface area contributed by atoms with Gasteiger partial charge in [0.1, 0.15) is 0 Å². The van der Waals surface area contributed by atoms with Crippen molar-refractivity contribution < 1.29 is 4.79 Å². The van der Waals surface area contributed by atoms with Crippen LogP contribution in [0, 0.1) is 0 Å². The van der Waals surface area contributed by atoms with E-state index < -0.39 is 0 Å². The van der Waals surface area contributed by atoms with Gasteiger partial charge < -0.3 is 4.90 Å². The molecule has 1 heterocycles. The number of rotatable bonds is 5. The molecule has 0 fully saturated rings. The van der Waals surface area contributed by atoms with E-state index in [1.165, 1.54) is 0 Å². The summed E-state index contributed by atoms with van der Waals surface area (Å²) in [5.41, 5.74) is 11.7. The Morgan fingerprint density at radius 2 is 1.19 bits per heavy atom. The van der Waals surface area contributed by atoms with Gasteiger partial charge in [0.2, 0.25) is 0 Å². The van der Waals surface area contributed by atoms with Crippen molar-refractivity contribution in [3.63, 3.8) is 0 Å². The maximum absolute atomic E-state index is 13.1. The zero-order valence-electron chi connectivity index (χ0n) is 30.3. The molecule has 0 amide bonds. The zero-order valence-corrected chi connectivity index (χ0v) is 30.3. The van der Waals surface area contributed by atoms with Gasteiger partial charge in [0.25, 0.3) is 0 Å². The summed E-state index contributed by atoms with van der Waals surface area (Å²) in [6.45, 7) is 6.45. The van der Waals surface area contributed by atoms with Gasteiger partial charge in [-0.2, -0.15) is 0 Å². The van der Waals surface area contributed by atoms with Crippen molar-refractivity contribution in [3.05, 3.63) is 204 Å². The fourth-order valence-electron chi connectivity index (χ4n) is 7.35. The highest BCUT2D eigenvalue weighted by atomic mass is 16.1. The van der Waals surface area contributed by atoms with Crippen LogP contribution in [-0.4, -0.2) is 22.9 Å². The highest BCUT2D eigenvalue weighted by Crippen LogP contribution is 2.41. The van der Waals surface area contributed by atoms with Gasteiger partial charge in [-0.25, -0.2) is 4.99 Å². The first-order valence-corrected chi connectivity index (χ1v) is 18.2. The average molecular weight is 688 g/mol. The second-order valence-electron chi connectivity index (χ2n) is 14.1. The Morgan fingerprint density at radius 3 is 1.81 bits per heavy atom. The average Bonchev–Trinajstić information content (AvgIpc) is 3.21. The molecule has 6 aromatic carbocycles. The lowest BCUT2D eigenvalue weighted by atomic mass is 9.89. The Morgan fingerprint density at radius 1 is 0.642 bits per heavy atom. The summed E-state index contributed by atoms with van der Waals surface area (Å²) in [5, 5.41) is 0. The Bertz CT molecular complexity index is 2440. The minimum Gasteiger partial charge on any atom is -0.332 e. The van der Waals surface area contributed by atoms with Crippen LogP contribution in [-0.2, 0) is 0 Å². The van der Waals surface area contributed by atoms with Crippen molar-refractivity contribution in [2.45, 2.75) is 38.8 Å². The van der Waals surface area contributed by atoms with Gasteiger partial charge in [0.05, 0.1) is 11.6 Å². The lowest BCUT2D eigenvalue weighted by Crippen LogP contribution is -2.42. The van der Waals surface area contributed by atoms with Crippen molar-refractivity contribution in [2.24, 2.45) is 9.98 Å². The van der Waals surface area contributed by atoms with Gasteiger partial charge in [-0.3, -0.25) is 9.79 Å². The number of hydrogen-bond donors (Lipinski definition) is 0. The third-order valence-corrected chi connectivity index (χ3v) is 10.3. The molecule has 8 rings (SSSR count). The van der Waals surface area contributed by atoms with Gasteiger partial charge >= 0.3 is 0 Å². The van der Waals surface area contributed by atoms with Crippen LogP contribution in [0.1, 0.15) is 65.8 Å². The standard InChI is InChI=1S/C49H41N3O/c1-34(36-24-26-38(27-25-36)47(53)37-14-6-4-7-15-37)50-48-44-21-11-18-41(31-44)43-20-13-23-46(33-43)52(49(3)28-8-5-9-29-49)45-22-12-19-42(32-45)40-17-10-16-39(30-40)35(2)51-48/h4-28,30-34H,29H2,1-3H3. The molecule has 4 nitrogen and oxygen atoms in total. The Labute approximate surface area is 312 Å². The number of ketones is 1. The quantitative estimate of drug-likeness (QED) is 0.169. The van der Waals surface area contributed by atoms with Gasteiger partial charge in [-0.05, 0) is 97.0 Å². The van der Waals surface area contributed by atoms with E-state index in [0.717, 1.165) is 62.5 Å². The fourth-order valence-corrected chi connectivity index (χ4v) is 7.35. The minimum atomic E-state index is -0.257. The number of hydrogen-bond acceptors (Lipinski definition) is 3. The third kappa shape index (κ3) is 6.96. The number of carbonyl (C=O) groups excluding carboxylic acids is 1. The van der Waals surface area contributed by atoms with Crippen LogP contribution >= 0.6 is 0 Å². The smallest absolute Gasteiger partial charge is 0.193 e. The summed E-state index contributed by atoms with van der Waals surface area (Å²) in [6, 6.07) is 51.8. The summed E-state index contributed by atoms with van der Waals surface area (Å²) in [6.07, 6.45) is 9.75. The fraction of sp³-hybridized carbons (Fsp3) is 0.122. The maximum Gasteiger partial charge on any atom is 0.193 e. The lowest BCUT2D eigenvalue weighted by molar-refractivity contribution is 0.103. The summed E-state index contributed by atoms with van der Waals surface area (Å²) in [5.74, 6) is 0.665. The second kappa shape index (κ2) is 14.3. The molecule has 53 heavy (non-hydrogen) atoms. The van der Waals surface area contributed by atoms with Crippen LogP contribution in [0.2, 0.25) is 0 Å². The molecule has 0 aromatic heterocycles. The molecular weight excluding hydrogens is 647 g/mol. The largest absolute Gasteiger partial charge is 0.332 e. The van der Waals surface area contributed by atoms with E-state index in [2.05, 4.69) is 147 Å². The molecular formula is C49H41N3O. The van der Waals surface area contributed by atoms with E-state index in [1.807, 2.05) is 54.6 Å². The highest BCUT2D eigenvalue weighted by Gasteiger charge is 2.31. The number of fused-ring (bicyclic) bond motifs is 10. The van der Waals surface area contributed by atoms with Crippen molar-refractivity contribution in [1.82, 2.24) is 0 Å². The minimum absolute atomic E-state index is 0.00740. The molecule has 0 spiro atoms. The van der Waals surface area contributed by atoms with Crippen molar-refractivity contribution in [3.8, 4) is 22.3 Å². The van der Waals surface area contributed by atoms with Crippen LogP contribution < -0.4 is 4.90 Å². The molecule has 2 atom stereocenters. The normalized spacial score (nSPS) is 17.7. The predicted molar refractivity (Wildman–Crippen MR) is 221 cm³/mol. The Kier molecular flexibility index (Phi) is 9.12. The first-order valence-electron chi connectivity index (χ1n) is 18.2. The summed E-state index contributed by atoms with van der Waals surface area (Å²) in [4.78, 5) is 26.1. The summed E-state index contributed by atoms with van der Waals surface area (Å²) in [7, 11) is 0. The molecule has 0 saturated carbocycles. The van der Waals surface area contributed by atoms with Gasteiger partial charge in [0, 0.05) is 33.8 Å². The van der Waals surface area contributed by atoms with Crippen molar-refractivity contribution in [1.29, 1.82) is 0 Å². The monoisotopic (exact) mass is 687 g/mol. The lowest BCUT2D eigenvalue weighted by Gasteiger charge is -2.42. The zero-order chi connectivity index (χ0) is 36.4. The first-order chi connectivity index (χ1) is 25.8. The molecule has 8 bridgehead atoms. The van der Waals surface area contributed by atoms with Crippen molar-refractivity contribution in [2.75, 3.05) is 4.90 Å². The topological polar surface area (TPSA) is 45.0 Å². The van der Waals surface area contributed by atoms with Gasteiger partial charge in [-0.1, -0.05) is 140 Å². The molecule has 0 saturated heterocycles. The number of nitrogens with zero attached hydrogens (tertiary/aromatic N) is 3. The van der Waals surface area contributed by atoms with Crippen molar-refractivity contribution >= 4 is 28.7 Å². The van der Waals surface area contributed by atoms with E-state index in [1.54, 1.807) is 0 Å². The number of benzene rings is 6. The van der Waals surface area contributed by atoms with Gasteiger partial charge in [0.15, 0.2) is 11.6 Å². The maximum atomic E-state index is 13.1. The molecule has 2 unspecified atom stereocenters. The number of allylic oxidation sites excluding steroid dienone is 2. The summed E-state index contributed by atoms with van der Waals surface area (Å²) < 4.78 is 0. The molecule has 0 radical (unpaired) electrons. The molecule has 1 aliphatic carbocycles. The van der Waals surface area contributed by atoms with E-state index in [-0.39, 0.29) is 17.4 Å². The Hall–Kier alpha value is -6.39. The molecule has 1 aliphatic heterocycles. The molecule has 6 aromatic rings. The van der Waals surface area contributed by atoms with Crippen LogP contribution in [0.15, 0.2) is 186 Å². The van der Waals surface area contributed by atoms with Gasteiger partial charge in [-0.15, -0.1) is 0 Å². The summed E-state index contributed by atoms with van der Waals surface area (Å²) >= 11 is 0. The number of carbonyl (C=O) groups is 1. The molecule has 2 aliphatic rings. The van der Waals surface area contributed by atoms with Crippen LogP contribution in [0.4, 0.5) is 11.4 Å². The number of aliphatic imine (C=N–C) groups is 2. The van der Waals surface area contributed by atoms with E-state index in [9.17, 15) is 4.79 Å². The van der Waals surface area contributed by atoms with Crippen LogP contribution in [0.25, 0.3) is 22.3 Å². The molecule has 4 heteroatoms. The molecule has 0 N–H and O–H groups in total. The number of anilines is 2. The first kappa shape index (κ1) is 33.7. The predicted octanol–water partition coefficient (Wildman–Crippen LogP) is 12.0. The van der Waals surface area contributed by atoms with Crippen LogP contribution in [0.5, 0.6) is 0 Å². The molecule has 258 valence electrons. The van der Waals surface area contributed by atoms with E-state index in [4.69, 9.17) is 9.98 Å². The van der Waals surface area contributed by atoms with Crippen LogP contribution in [0.3, 0.4) is 0 Å². The van der Waals surface area contributed by atoms with E-state index in [0.29, 0.717) is 17.0 Å². The highest BCUT2D eigenvalue weighted by molar-refractivity contribution is 6.12.